The van der Waals surface area contributed by atoms with E-state index >= 15 is 0 Å². The quantitative estimate of drug-likeness (QED) is 0.522. The highest BCUT2D eigenvalue weighted by Crippen LogP contribution is 2.66. The van der Waals surface area contributed by atoms with Crippen molar-refractivity contribution >= 4 is 22.0 Å². The second-order valence-corrected chi connectivity index (χ2v) is 10.8. The molecule has 0 saturated heterocycles. The number of hydrogen-bond acceptors (Lipinski definition) is 6. The number of ketones is 2. The molecule has 3 saturated carbocycles. The summed E-state index contributed by atoms with van der Waals surface area (Å²) in [7, 11) is -4.85. The molecule has 3 fully saturated rings. The van der Waals surface area contributed by atoms with Crippen LogP contribution in [0.1, 0.15) is 65.2 Å². The first-order valence-corrected chi connectivity index (χ1v) is 11.7. The van der Waals surface area contributed by atoms with Crippen LogP contribution >= 0.6 is 0 Å². The van der Waals surface area contributed by atoms with Gasteiger partial charge in [-0.05, 0) is 79.6 Å². The van der Waals surface area contributed by atoms with Crippen LogP contribution in [-0.2, 0) is 24.2 Å². The Kier molecular flexibility index (Phi) is 4.87. The fourth-order valence-electron chi connectivity index (χ4n) is 7.32. The normalized spacial score (nSPS) is 43.0. The fraction of sp³-hybridized carbons (Fsp3) is 0.810. The van der Waals surface area contributed by atoms with E-state index < -0.39 is 17.0 Å². The van der Waals surface area contributed by atoms with Gasteiger partial charge in [-0.25, -0.2) is 8.42 Å². The fourth-order valence-corrected chi connectivity index (χ4v) is 7.58. The minimum atomic E-state index is -4.85. The number of carbonyl (C=O) groups excluding carboxylic acids is 2. The van der Waals surface area contributed by atoms with Crippen molar-refractivity contribution in [3.63, 3.8) is 0 Å². The molecule has 0 aromatic heterocycles. The monoisotopic (exact) mass is 409 g/mol. The Labute approximate surface area is 167 Å². The second kappa shape index (κ2) is 6.74. The number of Topliss-reactive ketones (excluding diaryl/α,β-unsaturated/α-hetero) is 1. The van der Waals surface area contributed by atoms with Crippen molar-refractivity contribution in [3.8, 4) is 0 Å². The summed E-state index contributed by atoms with van der Waals surface area (Å²) in [5.74, 6) is 1.28. The summed E-state index contributed by atoms with van der Waals surface area (Å²) < 4.78 is 36.5. The maximum atomic E-state index is 12.7. The number of carbonyl (C=O) groups is 2. The zero-order valence-corrected chi connectivity index (χ0v) is 17.4. The molecule has 0 aromatic carbocycles. The van der Waals surface area contributed by atoms with Gasteiger partial charge in [0, 0.05) is 12.3 Å². The topological polar surface area (TPSA) is 101 Å². The van der Waals surface area contributed by atoms with Crippen molar-refractivity contribution in [2.45, 2.75) is 65.2 Å². The third kappa shape index (κ3) is 3.19. The lowest BCUT2D eigenvalue weighted by molar-refractivity contribution is -0.132. The summed E-state index contributed by atoms with van der Waals surface area (Å²) in [4.78, 5) is 24.6. The summed E-state index contributed by atoms with van der Waals surface area (Å²) in [5.41, 5.74) is 1.27. The Balaban J connectivity index is 1.55. The first-order valence-electron chi connectivity index (χ1n) is 10.4. The molecular weight excluding hydrogens is 380 g/mol. The molecule has 4 aliphatic rings. The maximum Gasteiger partial charge on any atom is 0.218 e. The second-order valence-electron chi connectivity index (χ2n) is 9.78. The van der Waals surface area contributed by atoms with E-state index in [4.69, 9.17) is 0 Å². The molecule has 4 rings (SSSR count). The summed E-state index contributed by atoms with van der Waals surface area (Å²) >= 11 is 0. The van der Waals surface area contributed by atoms with Crippen molar-refractivity contribution in [2.24, 2.45) is 34.5 Å². The van der Waals surface area contributed by atoms with Crippen molar-refractivity contribution < 1.29 is 26.7 Å². The molecule has 6 atom stereocenters. The lowest BCUT2D eigenvalue weighted by Crippen LogP contribution is -2.51. The van der Waals surface area contributed by atoms with Gasteiger partial charge in [0.25, 0.3) is 0 Å². The van der Waals surface area contributed by atoms with Crippen molar-refractivity contribution in [2.75, 3.05) is 6.61 Å². The number of rotatable bonds is 4. The molecule has 28 heavy (non-hydrogen) atoms. The zero-order valence-electron chi connectivity index (χ0n) is 16.6. The molecule has 156 valence electrons. The van der Waals surface area contributed by atoms with Crippen LogP contribution in [0.5, 0.6) is 0 Å². The van der Waals surface area contributed by atoms with Gasteiger partial charge in [-0.3, -0.25) is 13.8 Å². The first kappa shape index (κ1) is 20.2. The predicted molar refractivity (Wildman–Crippen MR) is 101 cm³/mol. The molecule has 6 nitrogen and oxygen atoms in total. The van der Waals surface area contributed by atoms with Crippen molar-refractivity contribution in [1.29, 1.82) is 0 Å². The molecular formula is C21H29O6S-. The minimum absolute atomic E-state index is 0.0972. The Bertz CT molecular complexity index is 830. The Morgan fingerprint density at radius 1 is 1.14 bits per heavy atom. The van der Waals surface area contributed by atoms with Crippen LogP contribution in [0.25, 0.3) is 0 Å². The lowest BCUT2D eigenvalue weighted by atomic mass is 9.46. The highest BCUT2D eigenvalue weighted by molar-refractivity contribution is 7.80. The highest BCUT2D eigenvalue weighted by atomic mass is 32.3. The van der Waals surface area contributed by atoms with Crippen molar-refractivity contribution in [1.82, 2.24) is 0 Å². The molecule has 0 amide bonds. The molecule has 0 N–H and O–H groups in total. The van der Waals surface area contributed by atoms with E-state index in [0.29, 0.717) is 24.2 Å². The highest BCUT2D eigenvalue weighted by Gasteiger charge is 2.60. The third-order valence-electron chi connectivity index (χ3n) is 8.70. The number of allylic oxidation sites excluding steroid dienone is 1. The molecule has 0 radical (unpaired) electrons. The number of hydrogen-bond donors (Lipinski definition) is 0. The van der Waals surface area contributed by atoms with Crippen LogP contribution in [0.2, 0.25) is 0 Å². The average molecular weight is 410 g/mol. The predicted octanol–water partition coefficient (Wildman–Crippen LogP) is 3.18. The van der Waals surface area contributed by atoms with Gasteiger partial charge in [0.2, 0.25) is 10.4 Å². The van der Waals surface area contributed by atoms with E-state index in [0.717, 1.165) is 44.9 Å². The molecule has 4 aliphatic carbocycles. The van der Waals surface area contributed by atoms with Crippen LogP contribution in [0.4, 0.5) is 0 Å². The van der Waals surface area contributed by atoms with Crippen LogP contribution in [0, 0.1) is 34.5 Å². The molecule has 0 unspecified atom stereocenters. The SMILES string of the molecule is C[C@]12CC[C@H]3[C@@H](CCC4=CC(=O)CC[C@@]43C)[C@@H]1CC[C@@H]2C(=O)COS(=O)(=O)[O-]. The summed E-state index contributed by atoms with van der Waals surface area (Å²) in [6.07, 6.45) is 9.15. The molecule has 7 heteroatoms. The van der Waals surface area contributed by atoms with Gasteiger partial charge >= 0.3 is 0 Å². The van der Waals surface area contributed by atoms with E-state index in [1.807, 2.05) is 6.08 Å². The van der Waals surface area contributed by atoms with E-state index in [1.54, 1.807) is 0 Å². The summed E-state index contributed by atoms with van der Waals surface area (Å²) in [6.45, 7) is 3.86. The summed E-state index contributed by atoms with van der Waals surface area (Å²) in [5, 5.41) is 0. The Morgan fingerprint density at radius 3 is 2.61 bits per heavy atom. The van der Waals surface area contributed by atoms with Crippen LogP contribution < -0.4 is 0 Å². The van der Waals surface area contributed by atoms with Crippen LogP contribution in [-0.4, -0.2) is 31.1 Å². The van der Waals surface area contributed by atoms with Gasteiger partial charge in [0.15, 0.2) is 11.6 Å². The molecule has 0 aliphatic heterocycles. The molecule has 0 heterocycles. The van der Waals surface area contributed by atoms with E-state index in [9.17, 15) is 22.6 Å². The van der Waals surface area contributed by atoms with Gasteiger partial charge in [0.05, 0.1) is 0 Å². The Hall–Kier alpha value is -1.05. The van der Waals surface area contributed by atoms with Gasteiger partial charge < -0.3 is 4.55 Å². The first-order chi connectivity index (χ1) is 13.0. The average Bonchev–Trinajstić information content (AvgIpc) is 2.97. The Morgan fingerprint density at radius 2 is 1.89 bits per heavy atom. The molecule has 0 aromatic rings. The molecule has 0 spiro atoms. The van der Waals surface area contributed by atoms with E-state index in [-0.39, 0.29) is 28.3 Å². The third-order valence-corrected chi connectivity index (χ3v) is 9.10. The van der Waals surface area contributed by atoms with E-state index in [1.165, 1.54) is 5.57 Å². The maximum absolute atomic E-state index is 12.7. The smallest absolute Gasteiger partial charge is 0.218 e. The van der Waals surface area contributed by atoms with Gasteiger partial charge in [-0.2, -0.15) is 0 Å². The van der Waals surface area contributed by atoms with E-state index in [2.05, 4.69) is 18.0 Å². The summed E-state index contributed by atoms with van der Waals surface area (Å²) in [6, 6.07) is 0. The largest absolute Gasteiger partial charge is 0.726 e. The van der Waals surface area contributed by atoms with Crippen molar-refractivity contribution in [3.05, 3.63) is 11.6 Å². The molecule has 0 bridgehead atoms. The van der Waals surface area contributed by atoms with Crippen LogP contribution in [0.3, 0.4) is 0 Å². The van der Waals surface area contributed by atoms with Crippen LogP contribution in [0.15, 0.2) is 11.6 Å². The lowest BCUT2D eigenvalue weighted by Gasteiger charge is -2.58. The van der Waals surface area contributed by atoms with Gasteiger partial charge in [-0.15, -0.1) is 0 Å². The number of fused-ring (bicyclic) bond motifs is 5. The van der Waals surface area contributed by atoms with Gasteiger partial charge in [-0.1, -0.05) is 19.4 Å². The minimum Gasteiger partial charge on any atom is -0.726 e. The zero-order chi connectivity index (χ0) is 20.3. The standard InChI is InChI=1S/C21H30O6S/c1-20-9-7-14(22)11-13(20)3-4-15-16-5-6-18(19(23)12-27-28(24,25)26)21(16,2)10-8-17(15)20/h11,15-18H,3-10,12H2,1-2H3,(H,24,25,26)/p-1/t15-,16-,17-,18+,20-,21-/m0/s1. The van der Waals surface area contributed by atoms with Gasteiger partial charge in [0.1, 0.15) is 6.61 Å².